The Morgan fingerprint density at radius 2 is 1.81 bits per heavy atom. The van der Waals surface area contributed by atoms with E-state index in [0.717, 1.165) is 0 Å². The summed E-state index contributed by atoms with van der Waals surface area (Å²) in [6.07, 6.45) is 5.16. The van der Waals surface area contributed by atoms with Crippen LogP contribution in [0.15, 0.2) is 0 Å². The molecule has 0 spiro atoms. The van der Waals surface area contributed by atoms with E-state index < -0.39 is 0 Å². The fourth-order valence-electron chi connectivity index (χ4n) is 2.88. The van der Waals surface area contributed by atoms with Gasteiger partial charge in [0.25, 0.3) is 0 Å². The van der Waals surface area contributed by atoms with Crippen LogP contribution in [0.1, 0.15) is 60.3 Å². The first kappa shape index (κ1) is 13.5. The number of rotatable bonds is 2. The molecule has 16 heavy (non-hydrogen) atoms. The summed E-state index contributed by atoms with van der Waals surface area (Å²) in [5.41, 5.74) is 0.0436. The van der Waals surface area contributed by atoms with Crippen molar-refractivity contribution in [2.24, 2.45) is 17.3 Å². The number of hydrogen-bond donors (Lipinski definition) is 0. The maximum absolute atomic E-state index is 11.2. The molecule has 1 aliphatic rings. The van der Waals surface area contributed by atoms with Gasteiger partial charge in [0.15, 0.2) is 0 Å². The Kier molecular flexibility index (Phi) is 4.40. The zero-order valence-corrected chi connectivity index (χ0v) is 11.4. The predicted molar refractivity (Wildman–Crippen MR) is 66.1 cm³/mol. The van der Waals surface area contributed by atoms with E-state index in [1.807, 2.05) is 0 Å². The van der Waals surface area contributed by atoms with Crippen molar-refractivity contribution >= 4 is 5.97 Å². The molecule has 0 amide bonds. The first-order valence-electron chi connectivity index (χ1n) is 6.49. The first-order chi connectivity index (χ1) is 7.32. The number of ether oxygens (including phenoxy) is 1. The van der Waals surface area contributed by atoms with Crippen molar-refractivity contribution in [1.82, 2.24) is 0 Å². The van der Waals surface area contributed by atoms with Gasteiger partial charge in [0.2, 0.25) is 0 Å². The molecule has 94 valence electrons. The number of carbonyl (C=O) groups excluding carboxylic acids is 1. The molecule has 0 radical (unpaired) electrons. The second kappa shape index (κ2) is 5.20. The summed E-state index contributed by atoms with van der Waals surface area (Å²) in [5, 5.41) is 0. The van der Waals surface area contributed by atoms with Crippen LogP contribution in [0, 0.1) is 17.3 Å². The molecule has 2 nitrogen and oxygen atoms in total. The Bertz CT molecular complexity index is 240. The summed E-state index contributed by atoms with van der Waals surface area (Å²) in [7, 11) is 0. The molecule has 0 aromatic heterocycles. The fourth-order valence-corrected chi connectivity index (χ4v) is 2.88. The van der Waals surface area contributed by atoms with Gasteiger partial charge in [0, 0.05) is 6.92 Å². The monoisotopic (exact) mass is 226 g/mol. The van der Waals surface area contributed by atoms with Crippen LogP contribution < -0.4 is 0 Å². The highest BCUT2D eigenvalue weighted by molar-refractivity contribution is 5.66. The van der Waals surface area contributed by atoms with Crippen molar-refractivity contribution in [1.29, 1.82) is 0 Å². The quantitative estimate of drug-likeness (QED) is 0.670. The highest BCUT2D eigenvalue weighted by Gasteiger charge is 2.38. The topological polar surface area (TPSA) is 26.3 Å². The largest absolute Gasteiger partial charge is 0.462 e. The Balaban J connectivity index is 2.78. The lowest BCUT2D eigenvalue weighted by molar-refractivity contribution is -0.159. The molecule has 3 unspecified atom stereocenters. The van der Waals surface area contributed by atoms with Crippen LogP contribution in [-0.4, -0.2) is 12.1 Å². The van der Waals surface area contributed by atoms with Crippen molar-refractivity contribution in [2.45, 2.75) is 66.4 Å². The van der Waals surface area contributed by atoms with Crippen LogP contribution >= 0.6 is 0 Å². The number of hydrogen-bond acceptors (Lipinski definition) is 2. The minimum absolute atomic E-state index is 0.0436. The van der Waals surface area contributed by atoms with Crippen LogP contribution in [0.4, 0.5) is 0 Å². The zero-order chi connectivity index (χ0) is 12.3. The number of esters is 1. The third-order valence-corrected chi connectivity index (χ3v) is 3.71. The Morgan fingerprint density at radius 1 is 1.25 bits per heavy atom. The van der Waals surface area contributed by atoms with Crippen LogP contribution in [0.3, 0.4) is 0 Å². The second-order valence-corrected chi connectivity index (χ2v) is 6.32. The highest BCUT2D eigenvalue weighted by Crippen LogP contribution is 2.39. The molecule has 2 heteroatoms. The number of carbonyl (C=O) groups is 1. The maximum atomic E-state index is 11.2. The van der Waals surface area contributed by atoms with Crippen molar-refractivity contribution in [2.75, 3.05) is 0 Å². The van der Waals surface area contributed by atoms with Gasteiger partial charge >= 0.3 is 5.97 Å². The Labute approximate surface area is 99.8 Å². The smallest absolute Gasteiger partial charge is 0.302 e. The minimum atomic E-state index is -0.141. The fraction of sp³-hybridized carbons (Fsp3) is 0.929. The molecule has 0 N–H and O–H groups in total. The van der Waals surface area contributed by atoms with E-state index in [9.17, 15) is 4.79 Å². The normalized spacial score (nSPS) is 28.6. The van der Waals surface area contributed by atoms with E-state index >= 15 is 0 Å². The van der Waals surface area contributed by atoms with E-state index in [0.29, 0.717) is 11.8 Å². The van der Waals surface area contributed by atoms with Crippen LogP contribution in [0.2, 0.25) is 0 Å². The average molecular weight is 226 g/mol. The van der Waals surface area contributed by atoms with Crippen molar-refractivity contribution in [3.63, 3.8) is 0 Å². The second-order valence-electron chi connectivity index (χ2n) is 6.32. The molecule has 0 saturated heterocycles. The zero-order valence-electron chi connectivity index (χ0n) is 11.4. The molecular weight excluding hydrogens is 200 g/mol. The molecule has 0 aromatic carbocycles. The third-order valence-electron chi connectivity index (χ3n) is 3.71. The molecule has 1 rings (SSSR count). The average Bonchev–Trinajstić information content (AvgIpc) is 2.13. The maximum Gasteiger partial charge on any atom is 0.302 e. The molecule has 3 atom stereocenters. The van der Waals surface area contributed by atoms with Gasteiger partial charge in [-0.3, -0.25) is 4.79 Å². The Morgan fingerprint density at radius 3 is 2.25 bits per heavy atom. The van der Waals surface area contributed by atoms with Gasteiger partial charge in [-0.2, -0.15) is 0 Å². The van der Waals surface area contributed by atoms with E-state index in [4.69, 9.17) is 4.74 Å². The minimum Gasteiger partial charge on any atom is -0.462 e. The summed E-state index contributed by atoms with van der Waals surface area (Å²) in [4.78, 5) is 11.2. The van der Waals surface area contributed by atoms with Gasteiger partial charge < -0.3 is 4.74 Å². The Hall–Kier alpha value is -0.530. The van der Waals surface area contributed by atoms with Gasteiger partial charge in [0.1, 0.15) is 6.10 Å². The van der Waals surface area contributed by atoms with Crippen LogP contribution in [-0.2, 0) is 9.53 Å². The third kappa shape index (κ3) is 3.50. The summed E-state index contributed by atoms with van der Waals surface area (Å²) in [6.45, 7) is 10.3. The molecule has 0 bridgehead atoms. The summed E-state index contributed by atoms with van der Waals surface area (Å²) in [6, 6.07) is 0. The van der Waals surface area contributed by atoms with E-state index in [1.165, 1.54) is 32.6 Å². The lowest BCUT2D eigenvalue weighted by Crippen LogP contribution is -2.41. The molecule has 1 fully saturated rings. The van der Waals surface area contributed by atoms with Crippen LogP contribution in [0.5, 0.6) is 0 Å². The van der Waals surface area contributed by atoms with Crippen molar-refractivity contribution in [3.05, 3.63) is 0 Å². The van der Waals surface area contributed by atoms with E-state index in [1.54, 1.807) is 0 Å². The van der Waals surface area contributed by atoms with Gasteiger partial charge in [-0.15, -0.1) is 0 Å². The summed E-state index contributed by atoms with van der Waals surface area (Å²) < 4.78 is 5.59. The predicted octanol–water partition coefficient (Wildman–Crippen LogP) is 3.79. The van der Waals surface area contributed by atoms with Gasteiger partial charge in [-0.25, -0.2) is 0 Å². The lowest BCUT2D eigenvalue weighted by Gasteiger charge is -2.41. The van der Waals surface area contributed by atoms with E-state index in [2.05, 4.69) is 27.7 Å². The van der Waals surface area contributed by atoms with Crippen molar-refractivity contribution < 1.29 is 9.53 Å². The SMILES string of the molecule is CC(=O)OC(C1CCCCC1C)C(C)(C)C. The van der Waals surface area contributed by atoms with Gasteiger partial charge in [-0.1, -0.05) is 47.0 Å². The molecule has 0 heterocycles. The highest BCUT2D eigenvalue weighted by atomic mass is 16.5. The summed E-state index contributed by atoms with van der Waals surface area (Å²) >= 11 is 0. The van der Waals surface area contributed by atoms with Gasteiger partial charge in [0.05, 0.1) is 0 Å². The molecule has 1 saturated carbocycles. The molecule has 0 aromatic rings. The first-order valence-corrected chi connectivity index (χ1v) is 6.49. The standard InChI is InChI=1S/C14H26O2/c1-10-8-6-7-9-12(10)13(14(3,4)5)16-11(2)15/h10,12-13H,6-9H2,1-5H3. The van der Waals surface area contributed by atoms with Crippen LogP contribution in [0.25, 0.3) is 0 Å². The lowest BCUT2D eigenvalue weighted by atomic mass is 9.70. The van der Waals surface area contributed by atoms with Crippen molar-refractivity contribution in [3.8, 4) is 0 Å². The summed E-state index contributed by atoms with van der Waals surface area (Å²) in [5.74, 6) is 1.08. The molecular formula is C14H26O2. The molecule has 1 aliphatic carbocycles. The van der Waals surface area contributed by atoms with Gasteiger partial charge in [-0.05, 0) is 23.7 Å². The van der Waals surface area contributed by atoms with E-state index in [-0.39, 0.29) is 17.5 Å². The molecule has 0 aliphatic heterocycles.